The van der Waals surface area contributed by atoms with E-state index in [1.807, 2.05) is 0 Å². The zero-order valence-corrected chi connectivity index (χ0v) is 16.8. The van der Waals surface area contributed by atoms with E-state index in [1.165, 1.54) is 13.0 Å². The smallest absolute Gasteiger partial charge is 0.368 e. The second kappa shape index (κ2) is 8.00. The Morgan fingerprint density at radius 1 is 1.03 bits per heavy atom. The van der Waals surface area contributed by atoms with Crippen molar-refractivity contribution in [3.63, 3.8) is 0 Å². The number of aromatic nitrogens is 3. The number of aryl methyl sites for hydroxylation is 1. The lowest BCUT2D eigenvalue weighted by molar-refractivity contribution is -0.141. The van der Waals surface area contributed by atoms with E-state index in [0.29, 0.717) is 5.56 Å². The van der Waals surface area contributed by atoms with E-state index >= 15 is 0 Å². The molecule has 0 aliphatic rings. The Balaban J connectivity index is 2.31. The molecule has 0 aliphatic carbocycles. The average molecular weight is 438 g/mol. The number of rotatable bonds is 5. The molecule has 11 heteroatoms. The van der Waals surface area contributed by atoms with Crippen LogP contribution in [-0.2, 0) is 27.1 Å². The lowest BCUT2D eigenvalue weighted by atomic mass is 9.97. The maximum atomic E-state index is 13.3. The van der Waals surface area contributed by atoms with Gasteiger partial charge in [-0.15, -0.1) is 0 Å². The number of nitrogens with two attached hydrogens (primary N) is 1. The topological polar surface area (TPSA) is 108 Å². The zero-order chi connectivity index (χ0) is 22.1. The van der Waals surface area contributed by atoms with Crippen LogP contribution in [0.25, 0.3) is 22.4 Å². The molecule has 7 nitrogen and oxygen atoms in total. The van der Waals surface area contributed by atoms with Crippen molar-refractivity contribution in [3.8, 4) is 22.4 Å². The molecule has 0 bridgehead atoms. The largest absolute Gasteiger partial charge is 0.433 e. The van der Waals surface area contributed by atoms with Crippen LogP contribution in [0.4, 0.5) is 19.1 Å². The molecular formula is C19H17F3N4O3S. The fourth-order valence-electron chi connectivity index (χ4n) is 2.86. The molecule has 30 heavy (non-hydrogen) atoms. The Morgan fingerprint density at radius 2 is 1.70 bits per heavy atom. The predicted molar refractivity (Wildman–Crippen MR) is 104 cm³/mol. The Hall–Kier alpha value is -3.05. The Labute approximate surface area is 170 Å². The first kappa shape index (κ1) is 21.7. The first-order valence-electron chi connectivity index (χ1n) is 8.56. The van der Waals surface area contributed by atoms with Gasteiger partial charge in [0.25, 0.3) is 10.1 Å². The van der Waals surface area contributed by atoms with Crippen molar-refractivity contribution >= 4 is 16.1 Å². The van der Waals surface area contributed by atoms with Gasteiger partial charge in [0, 0.05) is 16.8 Å². The summed E-state index contributed by atoms with van der Waals surface area (Å²) in [6.45, 7) is 0.898. The molecule has 0 atom stereocenters. The van der Waals surface area contributed by atoms with Crippen molar-refractivity contribution in [2.45, 2.75) is 19.7 Å². The molecular weight excluding hydrogens is 421 g/mol. The molecule has 2 N–H and O–H groups in total. The Kier molecular flexibility index (Phi) is 5.77. The van der Waals surface area contributed by atoms with Gasteiger partial charge < -0.3 is 5.73 Å². The molecule has 0 radical (unpaired) electrons. The maximum Gasteiger partial charge on any atom is 0.433 e. The molecule has 0 aliphatic heterocycles. The van der Waals surface area contributed by atoms with Crippen LogP contribution in [0, 0.1) is 6.92 Å². The van der Waals surface area contributed by atoms with Crippen LogP contribution in [-0.4, -0.2) is 29.6 Å². The average Bonchev–Trinajstić information content (AvgIpc) is 2.65. The van der Waals surface area contributed by atoms with Crippen LogP contribution in [0.3, 0.4) is 0 Å². The summed E-state index contributed by atoms with van der Waals surface area (Å²) in [7, 11) is -3.84. The molecule has 2 aromatic heterocycles. The van der Waals surface area contributed by atoms with Crippen LogP contribution in [0.15, 0.2) is 42.5 Å². The van der Waals surface area contributed by atoms with Gasteiger partial charge in [0.1, 0.15) is 12.3 Å². The van der Waals surface area contributed by atoms with E-state index in [0.717, 1.165) is 12.3 Å². The number of anilines is 1. The van der Waals surface area contributed by atoms with Crippen LogP contribution in [0.5, 0.6) is 0 Å². The second-order valence-electron chi connectivity index (χ2n) is 6.46. The van der Waals surface area contributed by atoms with Crippen molar-refractivity contribution in [2.75, 3.05) is 12.0 Å². The monoisotopic (exact) mass is 438 g/mol. The standard InChI is InChI=1S/C19H17F3N4O3S/c1-11-8-13(9-15(24-11)19(20,21)22)16-14(10-29-30(2,27)28)25-18(23)26-17(16)12-6-4-3-5-7-12/h3-9H,10H2,1-2H3,(H2,23,25,26). The minimum Gasteiger partial charge on any atom is -0.368 e. The van der Waals surface area contributed by atoms with Crippen LogP contribution in [0.1, 0.15) is 17.1 Å². The maximum absolute atomic E-state index is 13.3. The molecule has 0 saturated carbocycles. The van der Waals surface area contributed by atoms with Gasteiger partial charge in [0.15, 0.2) is 0 Å². The van der Waals surface area contributed by atoms with Gasteiger partial charge in [-0.3, -0.25) is 4.18 Å². The second-order valence-corrected chi connectivity index (χ2v) is 8.11. The predicted octanol–water partition coefficient (Wildman–Crippen LogP) is 3.59. The third-order valence-corrected chi connectivity index (χ3v) is 4.54. The van der Waals surface area contributed by atoms with Crippen molar-refractivity contribution in [2.24, 2.45) is 0 Å². The van der Waals surface area contributed by atoms with E-state index < -0.39 is 28.6 Å². The first-order chi connectivity index (χ1) is 13.9. The number of benzene rings is 1. The summed E-state index contributed by atoms with van der Waals surface area (Å²) < 4.78 is 67.8. The highest BCUT2D eigenvalue weighted by atomic mass is 32.2. The van der Waals surface area contributed by atoms with Gasteiger partial charge in [0.05, 0.1) is 17.6 Å². The van der Waals surface area contributed by atoms with Gasteiger partial charge in [-0.05, 0) is 24.6 Å². The van der Waals surface area contributed by atoms with Crippen LogP contribution < -0.4 is 5.73 Å². The molecule has 3 aromatic rings. The first-order valence-corrected chi connectivity index (χ1v) is 10.4. The highest BCUT2D eigenvalue weighted by molar-refractivity contribution is 7.85. The molecule has 0 spiro atoms. The molecule has 2 heterocycles. The SMILES string of the molecule is Cc1cc(-c2c(COS(C)(=O)=O)nc(N)nc2-c2ccccc2)cc(C(F)(F)F)n1. The summed E-state index contributed by atoms with van der Waals surface area (Å²) in [6.07, 6.45) is -3.82. The number of halogens is 3. The Morgan fingerprint density at radius 3 is 2.30 bits per heavy atom. The Bertz CT molecular complexity index is 1180. The summed E-state index contributed by atoms with van der Waals surface area (Å²) in [5, 5.41) is 0. The number of nitrogens with zero attached hydrogens (tertiary/aromatic N) is 3. The quantitative estimate of drug-likeness (QED) is 0.607. The third kappa shape index (κ3) is 5.10. The van der Waals surface area contributed by atoms with Crippen molar-refractivity contribution in [1.29, 1.82) is 0 Å². The van der Waals surface area contributed by atoms with E-state index in [2.05, 4.69) is 15.0 Å². The molecule has 1 aromatic carbocycles. The van der Waals surface area contributed by atoms with Gasteiger partial charge >= 0.3 is 6.18 Å². The summed E-state index contributed by atoms with van der Waals surface area (Å²) >= 11 is 0. The van der Waals surface area contributed by atoms with Crippen molar-refractivity contribution in [1.82, 2.24) is 15.0 Å². The zero-order valence-electron chi connectivity index (χ0n) is 15.9. The molecule has 0 fully saturated rings. The molecule has 0 amide bonds. The van der Waals surface area contributed by atoms with Crippen molar-refractivity contribution < 1.29 is 25.8 Å². The lowest BCUT2D eigenvalue weighted by Gasteiger charge is -2.16. The third-order valence-electron chi connectivity index (χ3n) is 3.99. The highest BCUT2D eigenvalue weighted by Gasteiger charge is 2.33. The summed E-state index contributed by atoms with van der Waals surface area (Å²) in [5.41, 5.74) is 5.94. The normalized spacial score (nSPS) is 12.2. The van der Waals surface area contributed by atoms with Crippen molar-refractivity contribution in [3.05, 3.63) is 59.5 Å². The number of alkyl halides is 3. The fourth-order valence-corrected chi connectivity index (χ4v) is 3.19. The van der Waals surface area contributed by atoms with E-state index in [4.69, 9.17) is 9.92 Å². The summed E-state index contributed by atoms with van der Waals surface area (Å²) in [4.78, 5) is 11.8. The minimum absolute atomic E-state index is 0.0329. The minimum atomic E-state index is -4.67. The number of hydrogen-bond acceptors (Lipinski definition) is 7. The van der Waals surface area contributed by atoms with Gasteiger partial charge in [-0.25, -0.2) is 15.0 Å². The number of nitrogen functional groups attached to an aromatic ring is 1. The van der Waals surface area contributed by atoms with E-state index in [9.17, 15) is 21.6 Å². The van der Waals surface area contributed by atoms with Gasteiger partial charge in [-0.1, -0.05) is 30.3 Å². The van der Waals surface area contributed by atoms with Crippen LogP contribution in [0.2, 0.25) is 0 Å². The number of hydrogen-bond donors (Lipinski definition) is 1. The summed E-state index contributed by atoms with van der Waals surface area (Å²) in [5.74, 6) is -0.175. The fraction of sp³-hybridized carbons (Fsp3) is 0.211. The lowest BCUT2D eigenvalue weighted by Crippen LogP contribution is -2.11. The molecule has 158 valence electrons. The summed E-state index contributed by atoms with van der Waals surface area (Å²) in [6, 6.07) is 10.9. The van der Waals surface area contributed by atoms with E-state index in [1.54, 1.807) is 30.3 Å². The van der Waals surface area contributed by atoms with E-state index in [-0.39, 0.29) is 34.2 Å². The number of pyridine rings is 1. The van der Waals surface area contributed by atoms with Gasteiger partial charge in [0.2, 0.25) is 5.95 Å². The highest BCUT2D eigenvalue weighted by Crippen LogP contribution is 2.37. The molecule has 0 saturated heterocycles. The molecule has 3 rings (SSSR count). The van der Waals surface area contributed by atoms with Crippen LogP contribution >= 0.6 is 0 Å². The van der Waals surface area contributed by atoms with Gasteiger partial charge in [-0.2, -0.15) is 21.6 Å². The molecule has 0 unspecified atom stereocenters.